The summed E-state index contributed by atoms with van der Waals surface area (Å²) in [5, 5.41) is 24.0. The Morgan fingerprint density at radius 3 is 2.39 bits per heavy atom. The Kier molecular flexibility index (Phi) is 7.13. The molecule has 3 saturated carbocycles. The molecule has 5 aliphatic rings. The van der Waals surface area contributed by atoms with Gasteiger partial charge in [-0.05, 0) is 95.2 Å². The van der Waals surface area contributed by atoms with Crippen molar-refractivity contribution < 1.29 is 24.6 Å². The summed E-state index contributed by atoms with van der Waals surface area (Å²) in [5.41, 5.74) is -0.399. The molecule has 3 N–H and O–H groups in total. The molecule has 1 spiro atoms. The second-order valence-electron chi connectivity index (χ2n) is 13.3. The molecule has 3 fully saturated rings. The Morgan fingerprint density at radius 2 is 1.81 bits per heavy atom. The van der Waals surface area contributed by atoms with Gasteiger partial charge in [0.1, 0.15) is 0 Å². The van der Waals surface area contributed by atoms with Gasteiger partial charge in [0.05, 0.1) is 17.3 Å². The molecule has 36 heavy (non-hydrogen) atoms. The van der Waals surface area contributed by atoms with Crippen molar-refractivity contribution in [2.45, 2.75) is 72.6 Å². The van der Waals surface area contributed by atoms with E-state index >= 15 is 0 Å². The van der Waals surface area contributed by atoms with Gasteiger partial charge in [-0.1, -0.05) is 38.8 Å². The normalized spacial score (nSPS) is 41.4. The minimum Gasteiger partial charge on any atom is -0.481 e. The van der Waals surface area contributed by atoms with Crippen LogP contribution in [0.5, 0.6) is 0 Å². The Balaban J connectivity index is 1.74. The van der Waals surface area contributed by atoms with Crippen LogP contribution in [-0.2, 0) is 14.4 Å². The SMILES string of the molecule is CC(C)C1=C[C@@]23CC[C@@H]4[C@](C)(CCC[C@@]4(C)C(=O)O)[C@@H]2C[C@@H]1[C@H](C(=O)NCCCN(C)C)[C@@H]3C(=O)O. The molecule has 0 aromatic heterocycles. The highest BCUT2D eigenvalue weighted by molar-refractivity contribution is 5.87. The van der Waals surface area contributed by atoms with Crippen molar-refractivity contribution in [3.8, 4) is 0 Å². The molecule has 1 amide bonds. The highest BCUT2D eigenvalue weighted by atomic mass is 16.4. The number of hydrogen-bond acceptors (Lipinski definition) is 4. The van der Waals surface area contributed by atoms with Gasteiger partial charge in [0.2, 0.25) is 5.91 Å². The van der Waals surface area contributed by atoms with Gasteiger partial charge in [0.25, 0.3) is 0 Å². The zero-order chi connectivity index (χ0) is 26.6. The van der Waals surface area contributed by atoms with E-state index in [9.17, 15) is 24.6 Å². The minimum atomic E-state index is -0.879. The molecule has 202 valence electrons. The van der Waals surface area contributed by atoms with E-state index in [0.29, 0.717) is 25.8 Å². The van der Waals surface area contributed by atoms with Gasteiger partial charge in [0, 0.05) is 12.0 Å². The van der Waals surface area contributed by atoms with Crippen molar-refractivity contribution in [3.63, 3.8) is 0 Å². The lowest BCUT2D eigenvalue weighted by Crippen LogP contribution is -2.67. The molecule has 0 unspecified atom stereocenters. The number of fused-ring (bicyclic) bond motifs is 2. The van der Waals surface area contributed by atoms with Crippen LogP contribution in [0.25, 0.3) is 0 Å². The number of amides is 1. The van der Waals surface area contributed by atoms with E-state index in [1.165, 1.54) is 5.57 Å². The molecule has 2 bridgehead atoms. The number of hydrogen-bond donors (Lipinski definition) is 3. The molecule has 5 rings (SSSR count). The summed E-state index contributed by atoms with van der Waals surface area (Å²) in [5.74, 6) is -2.84. The van der Waals surface area contributed by atoms with E-state index < -0.39 is 34.6 Å². The zero-order valence-electron chi connectivity index (χ0n) is 23.0. The average Bonchev–Trinajstić information content (AvgIpc) is 2.79. The lowest BCUT2D eigenvalue weighted by atomic mass is 9.34. The standard InChI is InChI=1S/C29H46N2O5/c1-17(2)19-16-29-12-9-20-27(3,10-7-11-28(20,4)26(35)36)21(29)15-18(19)22(23(29)25(33)34)24(32)30-13-8-14-31(5)6/h16-18,20-23H,7-15H2,1-6H3,(H,30,32)(H,33,34)(H,35,36)/t18-,20+,21-,22-,23+,27-,28+,29-/m0/s1. The third-order valence-electron chi connectivity index (χ3n) is 10.8. The van der Waals surface area contributed by atoms with Gasteiger partial charge in [-0.25, -0.2) is 0 Å². The number of aliphatic carboxylic acids is 2. The number of carboxylic acids is 2. The molecule has 0 aromatic carbocycles. The summed E-state index contributed by atoms with van der Waals surface area (Å²) in [7, 11) is 4.00. The third kappa shape index (κ3) is 4.00. The molecule has 5 aliphatic carbocycles. The van der Waals surface area contributed by atoms with Crippen molar-refractivity contribution in [2.24, 2.45) is 51.8 Å². The first-order chi connectivity index (χ1) is 16.8. The molecular formula is C29H46N2O5. The smallest absolute Gasteiger partial charge is 0.309 e. The fourth-order valence-corrected chi connectivity index (χ4v) is 9.31. The largest absolute Gasteiger partial charge is 0.481 e. The highest BCUT2D eigenvalue weighted by Gasteiger charge is 2.70. The predicted octanol–water partition coefficient (Wildman–Crippen LogP) is 4.28. The van der Waals surface area contributed by atoms with E-state index in [1.54, 1.807) is 0 Å². The summed E-state index contributed by atoms with van der Waals surface area (Å²) in [4.78, 5) is 41.2. The first-order valence-corrected chi connectivity index (χ1v) is 13.9. The summed E-state index contributed by atoms with van der Waals surface area (Å²) < 4.78 is 0. The molecule has 0 radical (unpaired) electrons. The van der Waals surface area contributed by atoms with Crippen LogP contribution < -0.4 is 5.32 Å². The van der Waals surface area contributed by atoms with Gasteiger partial charge in [-0.15, -0.1) is 0 Å². The number of carboxylic acid groups (broad SMARTS) is 2. The first-order valence-electron chi connectivity index (χ1n) is 13.9. The number of allylic oxidation sites excluding steroid dienone is 2. The maximum Gasteiger partial charge on any atom is 0.309 e. The maximum atomic E-state index is 13.6. The zero-order valence-corrected chi connectivity index (χ0v) is 23.0. The molecule has 0 heterocycles. The fraction of sp³-hybridized carbons (Fsp3) is 0.828. The topological polar surface area (TPSA) is 107 Å². The van der Waals surface area contributed by atoms with Crippen LogP contribution in [0.2, 0.25) is 0 Å². The van der Waals surface area contributed by atoms with E-state index in [-0.39, 0.29) is 35.0 Å². The number of nitrogens with zero attached hydrogens (tertiary/aromatic N) is 1. The minimum absolute atomic E-state index is 0.0230. The van der Waals surface area contributed by atoms with Gasteiger partial charge < -0.3 is 20.4 Å². The van der Waals surface area contributed by atoms with E-state index in [1.807, 2.05) is 21.0 Å². The Morgan fingerprint density at radius 1 is 1.11 bits per heavy atom. The van der Waals surface area contributed by atoms with Crippen molar-refractivity contribution in [2.75, 3.05) is 27.2 Å². The molecule has 0 saturated heterocycles. The Bertz CT molecular complexity index is 944. The molecular weight excluding hydrogens is 456 g/mol. The molecule has 7 heteroatoms. The molecule has 8 atom stereocenters. The van der Waals surface area contributed by atoms with Crippen molar-refractivity contribution in [3.05, 3.63) is 11.6 Å². The van der Waals surface area contributed by atoms with E-state index in [0.717, 1.165) is 32.2 Å². The maximum absolute atomic E-state index is 13.6. The Hall–Kier alpha value is -1.89. The van der Waals surface area contributed by atoms with Crippen molar-refractivity contribution in [1.82, 2.24) is 10.2 Å². The summed E-state index contributed by atoms with van der Waals surface area (Å²) in [6.45, 7) is 9.85. The van der Waals surface area contributed by atoms with Crippen LogP contribution in [0.1, 0.15) is 72.6 Å². The number of rotatable bonds is 8. The Labute approximate surface area is 216 Å². The van der Waals surface area contributed by atoms with E-state index in [2.05, 4.69) is 37.1 Å². The monoisotopic (exact) mass is 502 g/mol. The van der Waals surface area contributed by atoms with Crippen LogP contribution in [0.15, 0.2) is 11.6 Å². The molecule has 0 aromatic rings. The lowest BCUT2D eigenvalue weighted by molar-refractivity contribution is -0.204. The van der Waals surface area contributed by atoms with Gasteiger partial charge in [-0.2, -0.15) is 0 Å². The van der Waals surface area contributed by atoms with Crippen LogP contribution in [0, 0.1) is 51.8 Å². The number of carbonyl (C=O) groups is 3. The second kappa shape index (κ2) is 9.45. The van der Waals surface area contributed by atoms with Crippen molar-refractivity contribution in [1.29, 1.82) is 0 Å². The van der Waals surface area contributed by atoms with Crippen LogP contribution in [-0.4, -0.2) is 60.1 Å². The highest BCUT2D eigenvalue weighted by Crippen LogP contribution is 2.73. The van der Waals surface area contributed by atoms with Crippen LogP contribution in [0.4, 0.5) is 0 Å². The van der Waals surface area contributed by atoms with Crippen LogP contribution >= 0.6 is 0 Å². The molecule has 7 nitrogen and oxygen atoms in total. The van der Waals surface area contributed by atoms with Crippen LogP contribution in [0.3, 0.4) is 0 Å². The summed E-state index contributed by atoms with van der Waals surface area (Å²) in [6.07, 6.45) is 7.68. The van der Waals surface area contributed by atoms with Crippen molar-refractivity contribution >= 4 is 17.8 Å². The number of carbonyl (C=O) groups excluding carboxylic acids is 1. The van der Waals surface area contributed by atoms with Gasteiger partial charge in [0.15, 0.2) is 0 Å². The fourth-order valence-electron chi connectivity index (χ4n) is 9.31. The summed E-state index contributed by atoms with van der Waals surface area (Å²) in [6, 6.07) is 0. The van der Waals surface area contributed by atoms with E-state index in [4.69, 9.17) is 0 Å². The first kappa shape index (κ1) is 27.2. The predicted molar refractivity (Wildman–Crippen MR) is 138 cm³/mol. The van der Waals surface area contributed by atoms with Gasteiger partial charge >= 0.3 is 11.9 Å². The molecule has 0 aliphatic heterocycles. The average molecular weight is 503 g/mol. The quantitative estimate of drug-likeness (QED) is 0.338. The third-order valence-corrected chi connectivity index (χ3v) is 10.8. The lowest BCUT2D eigenvalue weighted by Gasteiger charge is -2.69. The summed E-state index contributed by atoms with van der Waals surface area (Å²) >= 11 is 0. The van der Waals surface area contributed by atoms with Gasteiger partial charge in [-0.3, -0.25) is 14.4 Å². The second-order valence-corrected chi connectivity index (χ2v) is 13.3. The number of nitrogens with one attached hydrogen (secondary N) is 1.